The molecule has 15 heavy (non-hydrogen) atoms. The fourth-order valence-electron chi connectivity index (χ4n) is 1.88. The molecule has 0 radical (unpaired) electrons. The van der Waals surface area contributed by atoms with Crippen molar-refractivity contribution in [2.45, 2.75) is 46.1 Å². The van der Waals surface area contributed by atoms with E-state index in [2.05, 4.69) is 50.4 Å². The van der Waals surface area contributed by atoms with Gasteiger partial charge in [-0.2, -0.15) is 0 Å². The summed E-state index contributed by atoms with van der Waals surface area (Å²) in [6.07, 6.45) is 3.90. The predicted octanol–water partition coefficient (Wildman–Crippen LogP) is 3.84. The SMILES string of the molecule is CCCCCN[C@H](C)c1ccccc1C. The molecule has 1 rings (SSSR count). The van der Waals surface area contributed by atoms with E-state index < -0.39 is 0 Å². The van der Waals surface area contributed by atoms with Gasteiger partial charge in [-0.3, -0.25) is 0 Å². The molecule has 0 saturated heterocycles. The molecule has 0 aliphatic carbocycles. The Bertz CT molecular complexity index is 280. The van der Waals surface area contributed by atoms with Gasteiger partial charge in [-0.1, -0.05) is 44.0 Å². The van der Waals surface area contributed by atoms with E-state index in [0.717, 1.165) is 6.54 Å². The summed E-state index contributed by atoms with van der Waals surface area (Å²) in [5.74, 6) is 0. The molecule has 0 spiro atoms. The molecule has 84 valence electrons. The standard InChI is InChI=1S/C14H23N/c1-4-5-8-11-15-13(3)14-10-7-6-9-12(14)2/h6-7,9-10,13,15H,4-5,8,11H2,1-3H3/t13-/m1/s1. The van der Waals surface area contributed by atoms with Gasteiger partial charge in [0.25, 0.3) is 0 Å². The van der Waals surface area contributed by atoms with Crippen LogP contribution in [-0.2, 0) is 0 Å². The van der Waals surface area contributed by atoms with Gasteiger partial charge in [0.1, 0.15) is 0 Å². The van der Waals surface area contributed by atoms with Crippen LogP contribution in [0.2, 0.25) is 0 Å². The zero-order chi connectivity index (χ0) is 11.1. The molecule has 1 aromatic carbocycles. The number of hydrogen-bond acceptors (Lipinski definition) is 1. The van der Waals surface area contributed by atoms with E-state index >= 15 is 0 Å². The van der Waals surface area contributed by atoms with Crippen LogP contribution in [0.5, 0.6) is 0 Å². The van der Waals surface area contributed by atoms with Crippen molar-refractivity contribution in [2.75, 3.05) is 6.54 Å². The lowest BCUT2D eigenvalue weighted by molar-refractivity contribution is 0.542. The van der Waals surface area contributed by atoms with Crippen LogP contribution in [0, 0.1) is 6.92 Å². The van der Waals surface area contributed by atoms with E-state index in [1.165, 1.54) is 30.4 Å². The maximum Gasteiger partial charge on any atom is 0.0294 e. The second kappa shape index (κ2) is 6.62. The molecule has 1 nitrogen and oxygen atoms in total. The molecule has 0 unspecified atom stereocenters. The molecule has 0 bridgehead atoms. The fourth-order valence-corrected chi connectivity index (χ4v) is 1.88. The Morgan fingerprint density at radius 3 is 2.60 bits per heavy atom. The smallest absolute Gasteiger partial charge is 0.0294 e. The highest BCUT2D eigenvalue weighted by molar-refractivity contribution is 5.28. The first kappa shape index (κ1) is 12.3. The third-order valence-electron chi connectivity index (χ3n) is 2.89. The van der Waals surface area contributed by atoms with Crippen LogP contribution in [0.25, 0.3) is 0 Å². The maximum absolute atomic E-state index is 3.57. The lowest BCUT2D eigenvalue weighted by Crippen LogP contribution is -2.20. The molecule has 1 N–H and O–H groups in total. The normalized spacial score (nSPS) is 12.7. The summed E-state index contributed by atoms with van der Waals surface area (Å²) in [6, 6.07) is 9.09. The van der Waals surface area contributed by atoms with Gasteiger partial charge in [0.2, 0.25) is 0 Å². The number of aryl methyl sites for hydroxylation is 1. The van der Waals surface area contributed by atoms with Crippen molar-refractivity contribution < 1.29 is 0 Å². The highest BCUT2D eigenvalue weighted by Gasteiger charge is 2.05. The number of hydrogen-bond donors (Lipinski definition) is 1. The van der Waals surface area contributed by atoms with E-state index in [4.69, 9.17) is 0 Å². The second-order valence-corrected chi connectivity index (χ2v) is 4.24. The van der Waals surface area contributed by atoms with Crippen LogP contribution in [-0.4, -0.2) is 6.54 Å². The minimum Gasteiger partial charge on any atom is -0.310 e. The van der Waals surface area contributed by atoms with Crippen LogP contribution >= 0.6 is 0 Å². The monoisotopic (exact) mass is 205 g/mol. The Labute approximate surface area is 93.9 Å². The number of benzene rings is 1. The topological polar surface area (TPSA) is 12.0 Å². The van der Waals surface area contributed by atoms with Crippen molar-refractivity contribution in [3.63, 3.8) is 0 Å². The Balaban J connectivity index is 2.40. The maximum atomic E-state index is 3.57. The van der Waals surface area contributed by atoms with Gasteiger partial charge in [0.05, 0.1) is 0 Å². The molecule has 1 aromatic rings. The summed E-state index contributed by atoms with van der Waals surface area (Å²) in [6.45, 7) is 7.79. The van der Waals surface area contributed by atoms with Crippen LogP contribution in [0.3, 0.4) is 0 Å². The molecule has 1 heteroatoms. The molecule has 0 heterocycles. The Kier molecular flexibility index (Phi) is 5.41. The molecule has 0 aromatic heterocycles. The zero-order valence-electron chi connectivity index (χ0n) is 10.2. The summed E-state index contributed by atoms with van der Waals surface area (Å²) < 4.78 is 0. The van der Waals surface area contributed by atoms with Gasteiger partial charge in [-0.05, 0) is 37.9 Å². The predicted molar refractivity (Wildman–Crippen MR) is 67.1 cm³/mol. The Hall–Kier alpha value is -0.820. The number of rotatable bonds is 6. The lowest BCUT2D eigenvalue weighted by atomic mass is 10.0. The van der Waals surface area contributed by atoms with E-state index in [1.807, 2.05) is 0 Å². The van der Waals surface area contributed by atoms with Crippen LogP contribution in [0.15, 0.2) is 24.3 Å². The van der Waals surface area contributed by atoms with Gasteiger partial charge in [-0.25, -0.2) is 0 Å². The second-order valence-electron chi connectivity index (χ2n) is 4.24. The lowest BCUT2D eigenvalue weighted by Gasteiger charge is -2.16. The Morgan fingerprint density at radius 1 is 1.20 bits per heavy atom. The summed E-state index contributed by atoms with van der Waals surface area (Å²) >= 11 is 0. The molecule has 0 aliphatic rings. The summed E-state index contributed by atoms with van der Waals surface area (Å²) in [7, 11) is 0. The van der Waals surface area contributed by atoms with Crippen molar-refractivity contribution in [3.8, 4) is 0 Å². The van der Waals surface area contributed by atoms with E-state index in [1.54, 1.807) is 0 Å². The average molecular weight is 205 g/mol. The van der Waals surface area contributed by atoms with Crippen molar-refractivity contribution in [3.05, 3.63) is 35.4 Å². The summed E-state index contributed by atoms with van der Waals surface area (Å²) in [5, 5.41) is 3.57. The van der Waals surface area contributed by atoms with Crippen molar-refractivity contribution in [1.29, 1.82) is 0 Å². The van der Waals surface area contributed by atoms with Gasteiger partial charge in [0.15, 0.2) is 0 Å². The van der Waals surface area contributed by atoms with Gasteiger partial charge < -0.3 is 5.32 Å². The first-order chi connectivity index (χ1) is 7.25. The minimum atomic E-state index is 0.475. The molecule has 1 atom stereocenters. The van der Waals surface area contributed by atoms with E-state index in [-0.39, 0.29) is 0 Å². The average Bonchev–Trinajstić information content (AvgIpc) is 2.25. The molecule has 0 amide bonds. The van der Waals surface area contributed by atoms with Gasteiger partial charge in [-0.15, -0.1) is 0 Å². The quantitative estimate of drug-likeness (QED) is 0.696. The molecular weight excluding hydrogens is 182 g/mol. The van der Waals surface area contributed by atoms with Crippen molar-refractivity contribution in [2.24, 2.45) is 0 Å². The zero-order valence-corrected chi connectivity index (χ0v) is 10.2. The highest BCUT2D eigenvalue weighted by Crippen LogP contribution is 2.16. The molecular formula is C14H23N. The van der Waals surface area contributed by atoms with Crippen LogP contribution in [0.4, 0.5) is 0 Å². The third kappa shape index (κ3) is 4.05. The fraction of sp³-hybridized carbons (Fsp3) is 0.571. The molecule has 0 saturated carbocycles. The van der Waals surface area contributed by atoms with Crippen LogP contribution < -0.4 is 5.32 Å². The largest absolute Gasteiger partial charge is 0.310 e. The van der Waals surface area contributed by atoms with E-state index in [0.29, 0.717) is 6.04 Å². The number of nitrogens with one attached hydrogen (secondary N) is 1. The summed E-state index contributed by atoms with van der Waals surface area (Å²) in [4.78, 5) is 0. The molecule has 0 fully saturated rings. The molecule has 0 aliphatic heterocycles. The van der Waals surface area contributed by atoms with Crippen LogP contribution in [0.1, 0.15) is 50.3 Å². The third-order valence-corrected chi connectivity index (χ3v) is 2.89. The Morgan fingerprint density at radius 2 is 1.93 bits per heavy atom. The van der Waals surface area contributed by atoms with Crippen molar-refractivity contribution in [1.82, 2.24) is 5.32 Å². The first-order valence-electron chi connectivity index (χ1n) is 6.04. The summed E-state index contributed by atoms with van der Waals surface area (Å²) in [5.41, 5.74) is 2.81. The van der Waals surface area contributed by atoms with Gasteiger partial charge >= 0.3 is 0 Å². The minimum absolute atomic E-state index is 0.475. The van der Waals surface area contributed by atoms with Crippen molar-refractivity contribution >= 4 is 0 Å². The first-order valence-corrected chi connectivity index (χ1v) is 6.04. The van der Waals surface area contributed by atoms with E-state index in [9.17, 15) is 0 Å². The number of unbranched alkanes of at least 4 members (excludes halogenated alkanes) is 2. The van der Waals surface area contributed by atoms with Gasteiger partial charge in [0, 0.05) is 6.04 Å². The highest BCUT2D eigenvalue weighted by atomic mass is 14.9.